The molecule has 1 heterocycles. The van der Waals surface area contributed by atoms with Gasteiger partial charge in [0.2, 0.25) is 0 Å². The fraction of sp³-hybridized carbons (Fsp3) is 0.118. The first kappa shape index (κ1) is 18.1. The molecule has 0 aliphatic carbocycles. The number of benzene rings is 2. The molecule has 7 nitrogen and oxygen atoms in total. The fourth-order valence-electron chi connectivity index (χ4n) is 2.37. The summed E-state index contributed by atoms with van der Waals surface area (Å²) in [6, 6.07) is 11.5. The van der Waals surface area contributed by atoms with E-state index in [2.05, 4.69) is 0 Å². The summed E-state index contributed by atoms with van der Waals surface area (Å²) in [6.07, 6.45) is -0.516. The van der Waals surface area contributed by atoms with Gasteiger partial charge in [0.25, 0.3) is 11.8 Å². The summed E-state index contributed by atoms with van der Waals surface area (Å²) in [6.45, 7) is 0. The van der Waals surface area contributed by atoms with Crippen molar-refractivity contribution in [3.05, 3.63) is 64.7 Å². The number of carbonyl (C=O) groups excluding carboxylic acids is 3. The van der Waals surface area contributed by atoms with Gasteiger partial charge in [-0.3, -0.25) is 9.59 Å². The third-order valence-electron chi connectivity index (χ3n) is 3.70. The zero-order valence-electron chi connectivity index (χ0n) is 13.2. The molecule has 2 aromatic carbocycles. The molecule has 0 unspecified atom stereocenters. The van der Waals surface area contributed by atoms with E-state index in [0.29, 0.717) is 10.1 Å². The number of imide groups is 1. The number of hydroxylamine groups is 2. The first-order valence-corrected chi connectivity index (χ1v) is 9.49. The zero-order valence-corrected chi connectivity index (χ0v) is 14.8. The van der Waals surface area contributed by atoms with Crippen LogP contribution in [0, 0.1) is 0 Å². The van der Waals surface area contributed by atoms with Gasteiger partial charge < -0.3 is 4.84 Å². The highest BCUT2D eigenvalue weighted by atomic mass is 35.5. The zero-order chi connectivity index (χ0) is 18.9. The highest BCUT2D eigenvalue weighted by Gasteiger charge is 2.38. The van der Waals surface area contributed by atoms with Crippen LogP contribution in [0.5, 0.6) is 0 Å². The van der Waals surface area contributed by atoms with E-state index in [0.717, 1.165) is 0 Å². The van der Waals surface area contributed by atoms with E-state index in [1.54, 1.807) is 12.1 Å². The summed E-state index contributed by atoms with van der Waals surface area (Å²) in [4.78, 5) is 40.9. The Morgan fingerprint density at radius 1 is 0.962 bits per heavy atom. The van der Waals surface area contributed by atoms with E-state index in [4.69, 9.17) is 16.4 Å². The van der Waals surface area contributed by atoms with Crippen LogP contribution in [-0.2, 0) is 19.5 Å². The van der Waals surface area contributed by atoms with Crippen LogP contribution in [-0.4, -0.2) is 37.0 Å². The number of nitrogens with zero attached hydrogens (tertiary/aromatic N) is 1. The Labute approximate surface area is 154 Å². The van der Waals surface area contributed by atoms with Crippen molar-refractivity contribution in [3.8, 4) is 0 Å². The molecule has 0 saturated carbocycles. The molecular weight excluding hydrogens is 382 g/mol. The Kier molecular flexibility index (Phi) is 4.80. The topological polar surface area (TPSA) is 97.8 Å². The molecule has 2 aromatic rings. The molecule has 9 heteroatoms. The minimum Gasteiger partial charge on any atom is -0.330 e. The maximum absolute atomic E-state index is 12.2. The van der Waals surface area contributed by atoms with Crippen molar-refractivity contribution in [3.63, 3.8) is 0 Å². The number of carbonyl (C=O) groups is 3. The van der Waals surface area contributed by atoms with Crippen molar-refractivity contribution in [1.29, 1.82) is 0 Å². The molecule has 0 radical (unpaired) electrons. The van der Waals surface area contributed by atoms with Crippen LogP contribution in [0.4, 0.5) is 0 Å². The minimum absolute atomic E-state index is 0.00966. The SMILES string of the molecule is O=C(CCS(=O)(=O)c1ccc(Cl)cc1)ON1C(=O)c2ccccc2C1=O. The lowest BCUT2D eigenvalue weighted by Gasteiger charge is -2.12. The van der Waals surface area contributed by atoms with Crippen LogP contribution in [0.1, 0.15) is 27.1 Å². The number of sulfone groups is 1. The average Bonchev–Trinajstić information content (AvgIpc) is 2.86. The van der Waals surface area contributed by atoms with E-state index in [1.807, 2.05) is 0 Å². The maximum atomic E-state index is 12.2. The molecule has 0 fully saturated rings. The highest BCUT2D eigenvalue weighted by molar-refractivity contribution is 7.91. The summed E-state index contributed by atoms with van der Waals surface area (Å²) >= 11 is 5.71. The second kappa shape index (κ2) is 6.89. The summed E-state index contributed by atoms with van der Waals surface area (Å²) < 4.78 is 24.4. The standard InChI is InChI=1S/C17H12ClNO6S/c18-11-5-7-12(8-6-11)26(23,24)10-9-15(20)25-19-16(21)13-3-1-2-4-14(13)17(19)22/h1-8H,9-10H2. The van der Waals surface area contributed by atoms with E-state index in [1.165, 1.54) is 36.4 Å². The highest BCUT2D eigenvalue weighted by Crippen LogP contribution is 2.23. The number of rotatable bonds is 5. The summed E-state index contributed by atoms with van der Waals surface area (Å²) in [5.41, 5.74) is 0.248. The van der Waals surface area contributed by atoms with Gasteiger partial charge in [-0.05, 0) is 36.4 Å². The number of hydrogen-bond donors (Lipinski definition) is 0. The largest absolute Gasteiger partial charge is 0.334 e. The third-order valence-corrected chi connectivity index (χ3v) is 5.68. The second-order valence-corrected chi connectivity index (χ2v) is 7.98. The molecule has 26 heavy (non-hydrogen) atoms. The predicted octanol–water partition coefficient (Wildman–Crippen LogP) is 2.26. The summed E-state index contributed by atoms with van der Waals surface area (Å²) in [5, 5.41) is 0.732. The van der Waals surface area contributed by atoms with E-state index in [9.17, 15) is 22.8 Å². The Bertz CT molecular complexity index is 965. The van der Waals surface area contributed by atoms with Crippen molar-refractivity contribution >= 4 is 39.2 Å². The first-order valence-electron chi connectivity index (χ1n) is 7.46. The van der Waals surface area contributed by atoms with Gasteiger partial charge in [-0.2, -0.15) is 0 Å². The molecule has 1 aliphatic heterocycles. The third kappa shape index (κ3) is 3.47. The number of hydrogen-bond acceptors (Lipinski definition) is 6. The minimum atomic E-state index is -3.73. The van der Waals surface area contributed by atoms with Gasteiger partial charge in [0.1, 0.15) is 0 Å². The van der Waals surface area contributed by atoms with E-state index >= 15 is 0 Å². The van der Waals surface area contributed by atoms with Gasteiger partial charge in [-0.1, -0.05) is 28.8 Å². The predicted molar refractivity (Wildman–Crippen MR) is 91.2 cm³/mol. The second-order valence-electron chi connectivity index (χ2n) is 5.44. The Morgan fingerprint density at radius 3 is 2.04 bits per heavy atom. The van der Waals surface area contributed by atoms with Crippen molar-refractivity contribution in [2.24, 2.45) is 0 Å². The molecule has 0 N–H and O–H groups in total. The molecular formula is C17H12ClNO6S. The molecule has 0 bridgehead atoms. The summed E-state index contributed by atoms with van der Waals surface area (Å²) in [7, 11) is -3.73. The molecule has 1 aliphatic rings. The molecule has 0 spiro atoms. The molecule has 3 rings (SSSR count). The summed E-state index contributed by atoms with van der Waals surface area (Å²) in [5.74, 6) is -3.06. The van der Waals surface area contributed by atoms with Gasteiger partial charge in [-0.15, -0.1) is 0 Å². The number of amides is 2. The van der Waals surface area contributed by atoms with E-state index < -0.39 is 39.8 Å². The van der Waals surface area contributed by atoms with Crippen molar-refractivity contribution in [1.82, 2.24) is 5.06 Å². The Morgan fingerprint density at radius 2 is 1.50 bits per heavy atom. The molecule has 2 amide bonds. The fourth-order valence-corrected chi connectivity index (χ4v) is 3.72. The normalized spacial score (nSPS) is 13.7. The lowest BCUT2D eigenvalue weighted by atomic mass is 10.1. The van der Waals surface area contributed by atoms with Gasteiger partial charge in [0.05, 0.1) is 28.2 Å². The van der Waals surface area contributed by atoms with Crippen LogP contribution in [0.15, 0.2) is 53.4 Å². The lowest BCUT2D eigenvalue weighted by Crippen LogP contribution is -2.33. The molecule has 0 aromatic heterocycles. The van der Waals surface area contributed by atoms with Gasteiger partial charge in [0.15, 0.2) is 9.84 Å². The van der Waals surface area contributed by atoms with Crippen molar-refractivity contribution < 1.29 is 27.6 Å². The van der Waals surface area contributed by atoms with Crippen LogP contribution in [0.25, 0.3) is 0 Å². The van der Waals surface area contributed by atoms with Crippen LogP contribution in [0.2, 0.25) is 5.02 Å². The lowest BCUT2D eigenvalue weighted by molar-refractivity contribution is -0.168. The maximum Gasteiger partial charge on any atom is 0.334 e. The number of halogens is 1. The van der Waals surface area contributed by atoms with Crippen LogP contribution >= 0.6 is 11.6 Å². The van der Waals surface area contributed by atoms with Gasteiger partial charge in [-0.25, -0.2) is 13.2 Å². The average molecular weight is 394 g/mol. The Balaban J connectivity index is 1.64. The van der Waals surface area contributed by atoms with Crippen LogP contribution in [0.3, 0.4) is 0 Å². The smallest absolute Gasteiger partial charge is 0.330 e. The molecule has 134 valence electrons. The number of fused-ring (bicyclic) bond motifs is 1. The van der Waals surface area contributed by atoms with Crippen LogP contribution < -0.4 is 0 Å². The quantitative estimate of drug-likeness (QED) is 0.722. The monoisotopic (exact) mass is 393 g/mol. The van der Waals surface area contributed by atoms with Gasteiger partial charge in [0, 0.05) is 5.02 Å². The van der Waals surface area contributed by atoms with Gasteiger partial charge >= 0.3 is 5.97 Å². The first-order chi connectivity index (χ1) is 12.3. The van der Waals surface area contributed by atoms with E-state index in [-0.39, 0.29) is 16.0 Å². The Hall–Kier alpha value is -2.71. The van der Waals surface area contributed by atoms with Crippen molar-refractivity contribution in [2.45, 2.75) is 11.3 Å². The molecule has 0 saturated heterocycles. The van der Waals surface area contributed by atoms with Crippen molar-refractivity contribution in [2.75, 3.05) is 5.75 Å². The molecule has 0 atom stereocenters.